The van der Waals surface area contributed by atoms with Crippen molar-refractivity contribution < 1.29 is 14.2 Å². The van der Waals surface area contributed by atoms with Crippen LogP contribution >= 0.6 is 0 Å². The number of carbonyl (C=O) groups is 1. The Morgan fingerprint density at radius 2 is 2.30 bits per heavy atom. The van der Waals surface area contributed by atoms with Gasteiger partial charge in [0.1, 0.15) is 18.1 Å². The van der Waals surface area contributed by atoms with Crippen molar-refractivity contribution in [1.82, 2.24) is 30.8 Å². The number of amides is 1. The Kier molecular flexibility index (Phi) is 4.47. The Labute approximate surface area is 112 Å². The predicted molar refractivity (Wildman–Crippen MR) is 65.1 cm³/mol. The van der Waals surface area contributed by atoms with Crippen LogP contribution in [0.3, 0.4) is 0 Å². The maximum atomic E-state index is 11.5. The molecule has 0 unspecified atom stereocenters. The number of rotatable bonds is 7. The van der Waals surface area contributed by atoms with Crippen LogP contribution in [-0.2, 0) is 11.2 Å². The van der Waals surface area contributed by atoms with E-state index in [2.05, 4.69) is 35.4 Å². The molecule has 0 aliphatic carbocycles. The number of aryl methyl sites for hydroxylation is 2. The van der Waals surface area contributed by atoms with Crippen LogP contribution in [0.1, 0.15) is 17.9 Å². The minimum Gasteiger partial charge on any atom is -0.472 e. The second-order valence-corrected chi connectivity index (χ2v) is 3.98. The molecule has 2 heterocycles. The van der Waals surface area contributed by atoms with Crippen LogP contribution in [0.15, 0.2) is 9.42 Å². The van der Waals surface area contributed by atoms with Crippen LogP contribution in [0, 0.1) is 6.92 Å². The lowest BCUT2D eigenvalue weighted by Gasteiger charge is -2.04. The Hall–Kier alpha value is -2.65. The van der Waals surface area contributed by atoms with Crippen LogP contribution in [0.25, 0.3) is 0 Å². The van der Waals surface area contributed by atoms with E-state index in [-0.39, 0.29) is 24.6 Å². The quantitative estimate of drug-likeness (QED) is 0.549. The summed E-state index contributed by atoms with van der Waals surface area (Å²) in [6, 6.07) is 0. The van der Waals surface area contributed by atoms with Crippen molar-refractivity contribution in [3.63, 3.8) is 0 Å². The van der Waals surface area contributed by atoms with Crippen molar-refractivity contribution in [2.45, 2.75) is 19.8 Å². The van der Waals surface area contributed by atoms with E-state index in [0.717, 1.165) is 0 Å². The molecule has 2 aromatic heterocycles. The van der Waals surface area contributed by atoms with Gasteiger partial charge in [-0.25, -0.2) is 14.5 Å². The zero-order chi connectivity index (χ0) is 14.4. The summed E-state index contributed by atoms with van der Waals surface area (Å²) in [6.45, 7) is 2.30. The maximum absolute atomic E-state index is 11.5. The molecule has 0 atom stereocenters. The molecule has 10 heteroatoms. The Morgan fingerprint density at radius 3 is 2.95 bits per heavy atom. The molecule has 108 valence electrons. The molecule has 0 radical (unpaired) electrons. The SMILES string of the molecule is Cc1nonc1OCCNC(=O)CCc1n[nH]c(=O)[nH]1. The van der Waals surface area contributed by atoms with Gasteiger partial charge in [-0.2, -0.15) is 5.10 Å². The number of H-pyrrole nitrogens is 2. The first-order chi connectivity index (χ1) is 9.65. The molecule has 0 spiro atoms. The molecular formula is C10H14N6O4. The highest BCUT2D eigenvalue weighted by atomic mass is 16.6. The summed E-state index contributed by atoms with van der Waals surface area (Å²) in [7, 11) is 0. The number of nitrogens with zero attached hydrogens (tertiary/aromatic N) is 3. The summed E-state index contributed by atoms with van der Waals surface area (Å²) >= 11 is 0. The van der Waals surface area contributed by atoms with E-state index in [4.69, 9.17) is 4.74 Å². The molecule has 1 amide bonds. The minimum atomic E-state index is -0.384. The average molecular weight is 282 g/mol. The molecule has 0 aliphatic rings. The van der Waals surface area contributed by atoms with Gasteiger partial charge in [-0.3, -0.25) is 9.78 Å². The average Bonchev–Trinajstić information content (AvgIpc) is 3.01. The first kappa shape index (κ1) is 13.8. The maximum Gasteiger partial charge on any atom is 0.340 e. The van der Waals surface area contributed by atoms with Crippen molar-refractivity contribution in [3.8, 4) is 5.88 Å². The minimum absolute atomic E-state index is 0.160. The molecule has 0 saturated heterocycles. The monoisotopic (exact) mass is 282 g/mol. The summed E-state index contributed by atoms with van der Waals surface area (Å²) in [4.78, 5) is 24.8. The summed E-state index contributed by atoms with van der Waals surface area (Å²) < 4.78 is 9.71. The number of hydrogen-bond donors (Lipinski definition) is 3. The smallest absolute Gasteiger partial charge is 0.340 e. The molecule has 2 rings (SSSR count). The topological polar surface area (TPSA) is 139 Å². The second-order valence-electron chi connectivity index (χ2n) is 3.98. The van der Waals surface area contributed by atoms with Gasteiger partial charge in [-0.1, -0.05) is 5.16 Å². The van der Waals surface area contributed by atoms with Gasteiger partial charge in [0.25, 0.3) is 5.88 Å². The van der Waals surface area contributed by atoms with E-state index in [0.29, 0.717) is 30.4 Å². The first-order valence-electron chi connectivity index (χ1n) is 5.97. The van der Waals surface area contributed by atoms with E-state index in [1.807, 2.05) is 0 Å². The summed E-state index contributed by atoms with van der Waals surface area (Å²) in [5.41, 5.74) is 0.171. The predicted octanol–water partition coefficient (Wildman–Crippen LogP) is -1.08. The van der Waals surface area contributed by atoms with Gasteiger partial charge >= 0.3 is 5.69 Å². The van der Waals surface area contributed by atoms with Gasteiger partial charge in [-0.05, 0) is 12.1 Å². The van der Waals surface area contributed by atoms with Gasteiger partial charge in [0.15, 0.2) is 0 Å². The number of hydrogen-bond acceptors (Lipinski definition) is 7. The van der Waals surface area contributed by atoms with Crippen molar-refractivity contribution in [2.24, 2.45) is 0 Å². The highest BCUT2D eigenvalue weighted by Crippen LogP contribution is 2.09. The highest BCUT2D eigenvalue weighted by molar-refractivity contribution is 5.75. The molecule has 0 aromatic carbocycles. The van der Waals surface area contributed by atoms with Crippen LogP contribution in [0.2, 0.25) is 0 Å². The van der Waals surface area contributed by atoms with E-state index in [9.17, 15) is 9.59 Å². The third-order valence-electron chi connectivity index (χ3n) is 2.41. The Bertz CT molecular complexity index is 615. The van der Waals surface area contributed by atoms with E-state index in [1.54, 1.807) is 6.92 Å². The van der Waals surface area contributed by atoms with Gasteiger partial charge in [-0.15, -0.1) is 0 Å². The Morgan fingerprint density at radius 1 is 1.45 bits per heavy atom. The summed E-state index contributed by atoms with van der Waals surface area (Å²) in [6.07, 6.45) is 0.586. The molecule has 0 aliphatic heterocycles. The number of ether oxygens (including phenoxy) is 1. The lowest BCUT2D eigenvalue weighted by Crippen LogP contribution is -2.28. The molecule has 0 bridgehead atoms. The second kappa shape index (κ2) is 6.50. The number of nitrogens with one attached hydrogen (secondary N) is 3. The van der Waals surface area contributed by atoms with Crippen molar-refractivity contribution in [1.29, 1.82) is 0 Å². The van der Waals surface area contributed by atoms with Crippen LogP contribution in [0.5, 0.6) is 5.88 Å². The van der Waals surface area contributed by atoms with Crippen molar-refractivity contribution >= 4 is 5.91 Å². The van der Waals surface area contributed by atoms with Gasteiger partial charge in [0.05, 0.1) is 6.54 Å². The lowest BCUT2D eigenvalue weighted by atomic mass is 10.3. The zero-order valence-electron chi connectivity index (χ0n) is 10.8. The lowest BCUT2D eigenvalue weighted by molar-refractivity contribution is -0.121. The molecule has 10 nitrogen and oxygen atoms in total. The third kappa shape index (κ3) is 3.93. The zero-order valence-corrected chi connectivity index (χ0v) is 10.8. The van der Waals surface area contributed by atoms with E-state index in [1.165, 1.54) is 0 Å². The number of carbonyl (C=O) groups excluding carboxylic acids is 1. The Balaban J connectivity index is 1.61. The van der Waals surface area contributed by atoms with Gasteiger partial charge in [0, 0.05) is 12.8 Å². The number of aromatic amines is 2. The van der Waals surface area contributed by atoms with Gasteiger partial charge < -0.3 is 10.1 Å². The summed E-state index contributed by atoms with van der Waals surface area (Å²) in [5.74, 6) is 0.603. The van der Waals surface area contributed by atoms with Crippen molar-refractivity contribution in [2.75, 3.05) is 13.2 Å². The van der Waals surface area contributed by atoms with E-state index >= 15 is 0 Å². The van der Waals surface area contributed by atoms with Crippen LogP contribution in [0.4, 0.5) is 0 Å². The molecule has 0 fully saturated rings. The molecule has 20 heavy (non-hydrogen) atoms. The standard InChI is InChI=1S/C10H14N6O4/c1-6-9(16-20-15-6)19-5-4-11-8(17)3-2-7-12-10(18)14-13-7/h2-5H2,1H3,(H,11,17)(H2,12,13,14,18). The highest BCUT2D eigenvalue weighted by Gasteiger charge is 2.07. The largest absolute Gasteiger partial charge is 0.472 e. The fourth-order valence-electron chi connectivity index (χ4n) is 1.44. The van der Waals surface area contributed by atoms with Crippen LogP contribution < -0.4 is 15.7 Å². The van der Waals surface area contributed by atoms with E-state index < -0.39 is 0 Å². The van der Waals surface area contributed by atoms with Crippen molar-refractivity contribution in [3.05, 3.63) is 22.0 Å². The van der Waals surface area contributed by atoms with Crippen LogP contribution in [-0.4, -0.2) is 44.6 Å². The summed E-state index contributed by atoms with van der Waals surface area (Å²) in [5, 5.41) is 15.7. The van der Waals surface area contributed by atoms with Gasteiger partial charge in [0.2, 0.25) is 5.91 Å². The fraction of sp³-hybridized carbons (Fsp3) is 0.500. The number of aromatic nitrogens is 5. The molecule has 3 N–H and O–H groups in total. The molecule has 0 saturated carbocycles. The normalized spacial score (nSPS) is 10.4. The third-order valence-corrected chi connectivity index (χ3v) is 2.41. The molecule has 2 aromatic rings. The molecular weight excluding hydrogens is 268 g/mol. The first-order valence-corrected chi connectivity index (χ1v) is 5.97. The fourth-order valence-corrected chi connectivity index (χ4v) is 1.44.